The molecule has 2 fully saturated rings. The summed E-state index contributed by atoms with van der Waals surface area (Å²) in [6.07, 6.45) is 0.954. The number of rotatable bonds is 3. The van der Waals surface area contributed by atoms with Crippen LogP contribution in [-0.4, -0.2) is 56.4 Å². The number of nitrogens with zero attached hydrogens (tertiary/aromatic N) is 1. The first kappa shape index (κ1) is 11.7. The van der Waals surface area contributed by atoms with E-state index in [1.165, 1.54) is 4.31 Å². The molecular formula is C8H17N3O2S2. The van der Waals surface area contributed by atoms with Gasteiger partial charge in [0.05, 0.1) is 0 Å². The van der Waals surface area contributed by atoms with Crippen LogP contribution in [0.3, 0.4) is 0 Å². The Morgan fingerprint density at radius 1 is 1.33 bits per heavy atom. The minimum absolute atomic E-state index is 0.134. The number of nitrogens with one attached hydrogen (secondary N) is 2. The molecule has 2 heterocycles. The second-order valence-electron chi connectivity index (χ2n) is 3.83. The highest BCUT2D eigenvalue weighted by atomic mass is 32.2. The van der Waals surface area contributed by atoms with Gasteiger partial charge in [-0.05, 0) is 12.2 Å². The lowest BCUT2D eigenvalue weighted by molar-refractivity contribution is 0.352. The lowest BCUT2D eigenvalue weighted by atomic mass is 10.3. The molecule has 15 heavy (non-hydrogen) atoms. The van der Waals surface area contributed by atoms with Crippen LogP contribution >= 0.6 is 11.8 Å². The molecule has 0 saturated carbocycles. The van der Waals surface area contributed by atoms with E-state index in [1.807, 2.05) is 11.8 Å². The molecule has 0 amide bonds. The van der Waals surface area contributed by atoms with E-state index in [0.29, 0.717) is 13.1 Å². The van der Waals surface area contributed by atoms with E-state index >= 15 is 0 Å². The van der Waals surface area contributed by atoms with E-state index < -0.39 is 10.2 Å². The average molecular weight is 251 g/mol. The fourth-order valence-electron chi connectivity index (χ4n) is 1.80. The second kappa shape index (κ2) is 5.01. The fraction of sp³-hybridized carbons (Fsp3) is 1.00. The lowest BCUT2D eigenvalue weighted by Crippen LogP contribution is -2.52. The van der Waals surface area contributed by atoms with Gasteiger partial charge in [-0.1, -0.05) is 0 Å². The summed E-state index contributed by atoms with van der Waals surface area (Å²) >= 11 is 1.81. The van der Waals surface area contributed by atoms with Gasteiger partial charge < -0.3 is 5.32 Å². The largest absolute Gasteiger partial charge is 0.314 e. The molecule has 0 aromatic heterocycles. The smallest absolute Gasteiger partial charge is 0.279 e. The third-order valence-corrected chi connectivity index (χ3v) is 5.50. The Bertz CT molecular complexity index is 295. The third-order valence-electron chi connectivity index (χ3n) is 2.66. The van der Waals surface area contributed by atoms with Gasteiger partial charge in [0, 0.05) is 38.0 Å². The average Bonchev–Trinajstić information content (AvgIpc) is 2.71. The van der Waals surface area contributed by atoms with Gasteiger partial charge in [0.2, 0.25) is 0 Å². The molecule has 5 nitrogen and oxygen atoms in total. The van der Waals surface area contributed by atoms with Gasteiger partial charge >= 0.3 is 0 Å². The van der Waals surface area contributed by atoms with Gasteiger partial charge in [-0.15, -0.1) is 0 Å². The van der Waals surface area contributed by atoms with E-state index in [1.54, 1.807) is 0 Å². The summed E-state index contributed by atoms with van der Waals surface area (Å²) in [4.78, 5) is 0. The molecule has 0 spiro atoms. The van der Waals surface area contributed by atoms with Crippen LogP contribution in [0, 0.1) is 0 Å². The van der Waals surface area contributed by atoms with E-state index in [2.05, 4.69) is 10.0 Å². The molecule has 2 N–H and O–H groups in total. The number of hydrogen-bond donors (Lipinski definition) is 2. The molecule has 1 unspecified atom stereocenters. The summed E-state index contributed by atoms with van der Waals surface area (Å²) in [6.45, 7) is 2.66. The zero-order valence-corrected chi connectivity index (χ0v) is 10.2. The van der Waals surface area contributed by atoms with Crippen LogP contribution in [-0.2, 0) is 10.2 Å². The highest BCUT2D eigenvalue weighted by molar-refractivity contribution is 7.99. The maximum Gasteiger partial charge on any atom is 0.279 e. The number of piperazine rings is 1. The van der Waals surface area contributed by atoms with E-state index in [4.69, 9.17) is 0 Å². The molecule has 0 radical (unpaired) electrons. The van der Waals surface area contributed by atoms with Crippen LogP contribution in [0.15, 0.2) is 0 Å². The van der Waals surface area contributed by atoms with Crippen molar-refractivity contribution < 1.29 is 8.42 Å². The van der Waals surface area contributed by atoms with Crippen LogP contribution in [0.1, 0.15) is 6.42 Å². The molecule has 1 atom stereocenters. The molecule has 0 aromatic carbocycles. The molecule has 2 rings (SSSR count). The maximum absolute atomic E-state index is 11.9. The summed E-state index contributed by atoms with van der Waals surface area (Å²) in [5.41, 5.74) is 0. The standard InChI is InChI=1S/C8H17N3O2S2/c12-15(13,10-8-1-6-14-7-8)11-4-2-9-3-5-11/h8-10H,1-7H2. The van der Waals surface area contributed by atoms with Gasteiger partial charge in [-0.25, -0.2) is 0 Å². The van der Waals surface area contributed by atoms with Gasteiger partial charge in [-0.2, -0.15) is 29.2 Å². The monoisotopic (exact) mass is 251 g/mol. The minimum Gasteiger partial charge on any atom is -0.314 e. The Balaban J connectivity index is 1.92. The van der Waals surface area contributed by atoms with E-state index in [-0.39, 0.29) is 6.04 Å². The lowest BCUT2D eigenvalue weighted by Gasteiger charge is -2.27. The first-order chi connectivity index (χ1) is 7.18. The zero-order chi connectivity index (χ0) is 10.7. The molecule has 2 aliphatic rings. The quantitative estimate of drug-likeness (QED) is 0.691. The topological polar surface area (TPSA) is 61.4 Å². The SMILES string of the molecule is O=S(=O)(NC1CCSC1)N1CCNCC1. The first-order valence-corrected chi connectivity index (χ1v) is 7.84. The van der Waals surface area contributed by atoms with Crippen molar-refractivity contribution in [1.29, 1.82) is 0 Å². The van der Waals surface area contributed by atoms with Crippen molar-refractivity contribution in [3.63, 3.8) is 0 Å². The maximum atomic E-state index is 11.9. The predicted molar refractivity (Wildman–Crippen MR) is 62.2 cm³/mol. The van der Waals surface area contributed by atoms with Crippen LogP contribution in [0.25, 0.3) is 0 Å². The van der Waals surface area contributed by atoms with Crippen molar-refractivity contribution in [3.05, 3.63) is 0 Å². The molecule has 7 heteroatoms. The zero-order valence-electron chi connectivity index (χ0n) is 8.61. The third kappa shape index (κ3) is 3.07. The Morgan fingerprint density at radius 3 is 2.67 bits per heavy atom. The Kier molecular flexibility index (Phi) is 3.89. The first-order valence-electron chi connectivity index (χ1n) is 5.24. The summed E-state index contributed by atoms with van der Waals surface area (Å²) in [5, 5.41) is 3.14. The predicted octanol–water partition coefficient (Wildman–Crippen LogP) is -0.768. The highest BCUT2D eigenvalue weighted by Crippen LogP contribution is 2.18. The van der Waals surface area contributed by atoms with E-state index in [0.717, 1.165) is 31.0 Å². The Hall–Kier alpha value is 0.180. The highest BCUT2D eigenvalue weighted by Gasteiger charge is 2.27. The van der Waals surface area contributed by atoms with Crippen molar-refractivity contribution in [3.8, 4) is 0 Å². The van der Waals surface area contributed by atoms with Crippen LogP contribution in [0.2, 0.25) is 0 Å². The number of thioether (sulfide) groups is 1. The van der Waals surface area contributed by atoms with Crippen molar-refractivity contribution in [2.75, 3.05) is 37.7 Å². The van der Waals surface area contributed by atoms with Gasteiger partial charge in [0.1, 0.15) is 0 Å². The van der Waals surface area contributed by atoms with Crippen molar-refractivity contribution in [1.82, 2.24) is 14.3 Å². The normalized spacial score (nSPS) is 29.5. The molecule has 2 saturated heterocycles. The van der Waals surface area contributed by atoms with Crippen LogP contribution < -0.4 is 10.0 Å². The van der Waals surface area contributed by atoms with Gasteiger partial charge in [-0.3, -0.25) is 0 Å². The van der Waals surface area contributed by atoms with E-state index in [9.17, 15) is 8.42 Å². The summed E-state index contributed by atoms with van der Waals surface area (Å²) in [6, 6.07) is 0.134. The molecule has 0 aromatic rings. The van der Waals surface area contributed by atoms with Crippen molar-refractivity contribution >= 4 is 22.0 Å². The second-order valence-corrected chi connectivity index (χ2v) is 6.68. The summed E-state index contributed by atoms with van der Waals surface area (Å²) < 4.78 is 28.1. The molecule has 2 aliphatic heterocycles. The Labute approximate surface area is 95.2 Å². The van der Waals surface area contributed by atoms with Crippen molar-refractivity contribution in [2.45, 2.75) is 12.5 Å². The number of hydrogen-bond acceptors (Lipinski definition) is 4. The van der Waals surface area contributed by atoms with Crippen molar-refractivity contribution in [2.24, 2.45) is 0 Å². The minimum atomic E-state index is -3.24. The summed E-state index contributed by atoms with van der Waals surface area (Å²) in [7, 11) is -3.24. The molecule has 0 aliphatic carbocycles. The fourth-order valence-corrected chi connectivity index (χ4v) is 4.49. The Morgan fingerprint density at radius 2 is 2.07 bits per heavy atom. The molecular weight excluding hydrogens is 234 g/mol. The summed E-state index contributed by atoms with van der Waals surface area (Å²) in [5.74, 6) is 1.97. The van der Waals surface area contributed by atoms with Gasteiger partial charge in [0.15, 0.2) is 0 Å². The van der Waals surface area contributed by atoms with Gasteiger partial charge in [0.25, 0.3) is 10.2 Å². The molecule has 88 valence electrons. The van der Waals surface area contributed by atoms with Crippen LogP contribution in [0.5, 0.6) is 0 Å². The van der Waals surface area contributed by atoms with Crippen LogP contribution in [0.4, 0.5) is 0 Å². The molecule has 0 bridgehead atoms.